The zero-order valence-corrected chi connectivity index (χ0v) is 13.7. The number of carbonyl (C=O) groups excluding carboxylic acids is 1. The zero-order valence-electron chi connectivity index (χ0n) is 13.7. The largest absolute Gasteiger partial charge is 0.379 e. The molecule has 0 aromatic carbocycles. The van der Waals surface area contributed by atoms with E-state index in [2.05, 4.69) is 15.6 Å². The van der Waals surface area contributed by atoms with Crippen LogP contribution in [0.5, 0.6) is 0 Å². The maximum Gasteiger partial charge on any atom is 0.244 e. The van der Waals surface area contributed by atoms with Gasteiger partial charge in [0.05, 0.1) is 6.10 Å². The van der Waals surface area contributed by atoms with E-state index in [1.807, 2.05) is 25.7 Å². The van der Waals surface area contributed by atoms with Crippen LogP contribution in [0, 0.1) is 0 Å². The number of likely N-dealkylation sites (tertiary alicyclic amines) is 1. The van der Waals surface area contributed by atoms with Crippen molar-refractivity contribution in [3.05, 3.63) is 0 Å². The minimum Gasteiger partial charge on any atom is -0.379 e. The molecule has 1 saturated heterocycles. The van der Waals surface area contributed by atoms with Gasteiger partial charge in [0.2, 0.25) is 5.91 Å². The van der Waals surface area contributed by atoms with Crippen molar-refractivity contribution >= 4 is 11.9 Å². The fraction of sp³-hybridized carbons (Fsp3) is 0.867. The van der Waals surface area contributed by atoms with E-state index in [1.54, 1.807) is 0 Å². The van der Waals surface area contributed by atoms with Crippen molar-refractivity contribution in [1.82, 2.24) is 15.5 Å². The Kier molecular flexibility index (Phi) is 8.82. The Hall–Kier alpha value is -1.30. The highest BCUT2D eigenvalue weighted by Crippen LogP contribution is 2.07. The van der Waals surface area contributed by atoms with Crippen molar-refractivity contribution in [3.63, 3.8) is 0 Å². The monoisotopic (exact) mass is 298 g/mol. The standard InChI is InChI=1S/C15H30N4O2/c1-4-16-15(17-8-7-11-21-13(2)3)18-12-14(20)19-9-5-6-10-19/h13H,4-12H2,1-3H3,(H2,16,17,18). The molecule has 6 nitrogen and oxygen atoms in total. The summed E-state index contributed by atoms with van der Waals surface area (Å²) in [4.78, 5) is 18.2. The molecule has 1 amide bonds. The van der Waals surface area contributed by atoms with E-state index in [0.717, 1.165) is 52.0 Å². The average molecular weight is 298 g/mol. The normalized spacial score (nSPS) is 15.6. The lowest BCUT2D eigenvalue weighted by atomic mass is 10.4. The van der Waals surface area contributed by atoms with Gasteiger partial charge in [-0.1, -0.05) is 0 Å². The van der Waals surface area contributed by atoms with E-state index >= 15 is 0 Å². The van der Waals surface area contributed by atoms with Crippen molar-refractivity contribution in [2.45, 2.75) is 46.1 Å². The number of nitrogens with zero attached hydrogens (tertiary/aromatic N) is 2. The van der Waals surface area contributed by atoms with Crippen LogP contribution in [0.4, 0.5) is 0 Å². The SMILES string of the molecule is CCNC(=NCC(=O)N1CCCC1)NCCCOC(C)C. The fourth-order valence-electron chi connectivity index (χ4n) is 2.15. The molecule has 1 heterocycles. The molecule has 0 aromatic heterocycles. The lowest BCUT2D eigenvalue weighted by Gasteiger charge is -2.15. The smallest absolute Gasteiger partial charge is 0.244 e. The minimum atomic E-state index is 0.118. The Bertz CT molecular complexity index is 326. The van der Waals surface area contributed by atoms with Crippen molar-refractivity contribution in [3.8, 4) is 0 Å². The third-order valence-corrected chi connectivity index (χ3v) is 3.24. The number of rotatable bonds is 8. The van der Waals surface area contributed by atoms with E-state index in [1.165, 1.54) is 0 Å². The number of hydrogen-bond acceptors (Lipinski definition) is 3. The maximum absolute atomic E-state index is 11.9. The Balaban J connectivity index is 2.26. The lowest BCUT2D eigenvalue weighted by molar-refractivity contribution is -0.128. The molecule has 0 spiro atoms. The Morgan fingerprint density at radius 1 is 1.29 bits per heavy atom. The summed E-state index contributed by atoms with van der Waals surface area (Å²) < 4.78 is 5.49. The number of amides is 1. The third kappa shape index (κ3) is 7.90. The Labute approximate surface area is 128 Å². The first-order valence-electron chi connectivity index (χ1n) is 8.05. The molecule has 1 aliphatic heterocycles. The van der Waals surface area contributed by atoms with Gasteiger partial charge in [0.1, 0.15) is 6.54 Å². The van der Waals surface area contributed by atoms with Crippen LogP contribution in [0.15, 0.2) is 4.99 Å². The van der Waals surface area contributed by atoms with Gasteiger partial charge in [-0.2, -0.15) is 0 Å². The molecule has 2 N–H and O–H groups in total. The second-order valence-electron chi connectivity index (χ2n) is 5.48. The zero-order chi connectivity index (χ0) is 15.5. The van der Waals surface area contributed by atoms with Gasteiger partial charge in [0.15, 0.2) is 5.96 Å². The van der Waals surface area contributed by atoms with E-state index in [-0.39, 0.29) is 18.6 Å². The first kappa shape index (κ1) is 17.8. The topological polar surface area (TPSA) is 66.0 Å². The van der Waals surface area contributed by atoms with Gasteiger partial charge in [0.25, 0.3) is 0 Å². The predicted molar refractivity (Wildman–Crippen MR) is 85.5 cm³/mol. The molecule has 0 bridgehead atoms. The number of carbonyl (C=O) groups is 1. The van der Waals surface area contributed by atoms with Gasteiger partial charge >= 0.3 is 0 Å². The quantitative estimate of drug-likeness (QED) is 0.398. The molecular weight excluding hydrogens is 268 g/mol. The van der Waals surface area contributed by atoms with Crippen LogP contribution in [-0.4, -0.2) is 62.2 Å². The van der Waals surface area contributed by atoms with Crippen molar-refractivity contribution in [1.29, 1.82) is 0 Å². The summed E-state index contributed by atoms with van der Waals surface area (Å²) >= 11 is 0. The minimum absolute atomic E-state index is 0.118. The highest BCUT2D eigenvalue weighted by molar-refractivity contribution is 5.85. The molecule has 1 rings (SSSR count). The van der Waals surface area contributed by atoms with Crippen LogP contribution in [0.1, 0.15) is 40.0 Å². The predicted octanol–water partition coefficient (Wildman–Crippen LogP) is 0.979. The molecule has 0 aromatic rings. The van der Waals surface area contributed by atoms with E-state index < -0.39 is 0 Å². The molecule has 122 valence electrons. The first-order chi connectivity index (χ1) is 10.1. The lowest BCUT2D eigenvalue weighted by Crippen LogP contribution is -2.39. The summed E-state index contributed by atoms with van der Waals surface area (Å²) in [6, 6.07) is 0. The van der Waals surface area contributed by atoms with Crippen molar-refractivity contribution in [2.24, 2.45) is 4.99 Å². The van der Waals surface area contributed by atoms with Crippen LogP contribution in [0.25, 0.3) is 0 Å². The van der Waals surface area contributed by atoms with Gasteiger partial charge < -0.3 is 20.3 Å². The fourth-order valence-corrected chi connectivity index (χ4v) is 2.15. The van der Waals surface area contributed by atoms with Crippen LogP contribution in [0.3, 0.4) is 0 Å². The van der Waals surface area contributed by atoms with Gasteiger partial charge in [-0.25, -0.2) is 4.99 Å². The van der Waals surface area contributed by atoms with Crippen LogP contribution in [0.2, 0.25) is 0 Å². The maximum atomic E-state index is 11.9. The molecule has 0 atom stereocenters. The average Bonchev–Trinajstić information content (AvgIpc) is 2.97. The third-order valence-electron chi connectivity index (χ3n) is 3.24. The van der Waals surface area contributed by atoms with Gasteiger partial charge in [-0.3, -0.25) is 4.79 Å². The van der Waals surface area contributed by atoms with Gasteiger partial charge in [-0.15, -0.1) is 0 Å². The van der Waals surface area contributed by atoms with Gasteiger partial charge in [-0.05, 0) is 40.0 Å². The summed E-state index contributed by atoms with van der Waals surface area (Å²) in [7, 11) is 0. The summed E-state index contributed by atoms with van der Waals surface area (Å²) in [5, 5.41) is 6.38. The van der Waals surface area contributed by atoms with Crippen molar-refractivity contribution in [2.75, 3.05) is 39.3 Å². The van der Waals surface area contributed by atoms with Crippen LogP contribution in [-0.2, 0) is 9.53 Å². The second kappa shape index (κ2) is 10.4. The number of guanidine groups is 1. The molecule has 0 aliphatic carbocycles. The van der Waals surface area contributed by atoms with Gasteiger partial charge in [0, 0.05) is 32.8 Å². The molecule has 21 heavy (non-hydrogen) atoms. The van der Waals surface area contributed by atoms with Crippen LogP contribution >= 0.6 is 0 Å². The highest BCUT2D eigenvalue weighted by atomic mass is 16.5. The molecular formula is C15H30N4O2. The Morgan fingerprint density at radius 3 is 2.62 bits per heavy atom. The number of hydrogen-bond donors (Lipinski definition) is 2. The number of aliphatic imine (C=N–C) groups is 1. The van der Waals surface area contributed by atoms with Crippen molar-refractivity contribution < 1.29 is 9.53 Å². The highest BCUT2D eigenvalue weighted by Gasteiger charge is 2.17. The molecule has 1 aliphatic rings. The summed E-state index contributed by atoms with van der Waals surface area (Å²) in [6.45, 7) is 10.4. The molecule has 1 fully saturated rings. The van der Waals surface area contributed by atoms with E-state index in [0.29, 0.717) is 5.96 Å². The number of ether oxygens (including phenoxy) is 1. The molecule has 6 heteroatoms. The number of nitrogens with one attached hydrogen (secondary N) is 2. The summed E-state index contributed by atoms with van der Waals surface area (Å²) in [5.74, 6) is 0.822. The molecule has 0 unspecified atom stereocenters. The first-order valence-corrected chi connectivity index (χ1v) is 8.05. The molecule has 0 saturated carbocycles. The van der Waals surface area contributed by atoms with Crippen LogP contribution < -0.4 is 10.6 Å². The Morgan fingerprint density at radius 2 is 2.00 bits per heavy atom. The molecule has 0 radical (unpaired) electrons. The summed E-state index contributed by atoms with van der Waals surface area (Å²) in [5.41, 5.74) is 0. The summed E-state index contributed by atoms with van der Waals surface area (Å²) in [6.07, 6.45) is 3.42. The second-order valence-corrected chi connectivity index (χ2v) is 5.48. The van der Waals surface area contributed by atoms with E-state index in [9.17, 15) is 4.79 Å². The van der Waals surface area contributed by atoms with E-state index in [4.69, 9.17) is 4.74 Å².